The van der Waals surface area contributed by atoms with Crippen molar-refractivity contribution >= 4 is 97.8 Å². The number of hydrogen-bond donors (Lipinski definition) is 0. The van der Waals surface area contributed by atoms with Crippen LogP contribution in [0.15, 0.2) is 0 Å². The largest absolute Gasteiger partial charge is 3.00 e. The Bertz CT molecular complexity index is 12.9. The number of rotatable bonds is 0. The Morgan fingerprint density at radius 1 is 0.333 bits per heavy atom. The van der Waals surface area contributed by atoms with Gasteiger partial charge in [0.05, 0.1) is 0 Å². The van der Waals surface area contributed by atoms with Gasteiger partial charge in [0, 0.05) is 0 Å². The Morgan fingerprint density at radius 2 is 0.333 bits per heavy atom. The van der Waals surface area contributed by atoms with Gasteiger partial charge in [0.2, 0.25) is 0 Å². The first-order chi connectivity index (χ1) is 0. The molecule has 0 bridgehead atoms. The second-order valence-electron chi connectivity index (χ2n) is 0. The first kappa shape index (κ1) is 157. The summed E-state index contributed by atoms with van der Waals surface area (Å²) in [6, 6.07) is 0. The monoisotopic (exact) mass is 358 g/mol. The van der Waals surface area contributed by atoms with E-state index in [0.29, 0.717) is 0 Å². The molecule has 0 fully saturated rings. The molecule has 0 amide bonds. The zero-order valence-corrected chi connectivity index (χ0v) is 14.0. The second kappa shape index (κ2) is 119. The van der Waals surface area contributed by atoms with Crippen LogP contribution in [0, 0.1) is 0 Å². The van der Waals surface area contributed by atoms with Gasteiger partial charge in [-0.1, -0.05) is 0 Å². The molecule has 9 heteroatoms. The van der Waals surface area contributed by atoms with E-state index in [1.54, 1.807) is 0 Å². The van der Waals surface area contributed by atoms with Gasteiger partial charge in [0.25, 0.3) is 0 Å². The molecule has 0 aliphatic carbocycles. The van der Waals surface area contributed by atoms with E-state index >= 15 is 0 Å². The molecule has 40 valence electrons. The first-order valence-corrected chi connectivity index (χ1v) is 0. The van der Waals surface area contributed by atoms with Crippen LogP contribution in [0.3, 0.4) is 0 Å². The van der Waals surface area contributed by atoms with E-state index in [9.17, 15) is 0 Å². The minimum atomic E-state index is 0. The SMILES string of the molecule is [In+3].[In+3].[Mg+2].[Mg+2].[O-2].[O-2].[O-2].[O-2].[O-2]. The van der Waals surface area contributed by atoms with Crippen LogP contribution in [-0.4, -0.2) is 97.8 Å². The summed E-state index contributed by atoms with van der Waals surface area (Å²) in [5.74, 6) is 0. The number of hydrogen-bond acceptors (Lipinski definition) is 0. The predicted octanol–water partition coefficient (Wildman–Crippen LogP) is -2.12. The van der Waals surface area contributed by atoms with E-state index in [0.717, 1.165) is 0 Å². The summed E-state index contributed by atoms with van der Waals surface area (Å²) in [4.78, 5) is 0. The molecule has 0 atom stereocenters. The third-order valence-corrected chi connectivity index (χ3v) is 0. The average Bonchev–Trinajstić information content (AvgIpc) is 0. The molecule has 0 aromatic heterocycles. The van der Waals surface area contributed by atoms with Crippen molar-refractivity contribution in [3.63, 3.8) is 0 Å². The Hall–Kier alpha value is 3.07. The average molecular weight is 358 g/mol. The molecule has 0 aliphatic rings. The fourth-order valence-electron chi connectivity index (χ4n) is 0. The molecule has 0 unspecified atom stereocenters. The van der Waals surface area contributed by atoms with Crippen LogP contribution >= 0.6 is 0 Å². The standard InChI is InChI=1S/2In.2Mg.5O/q2*+3;2*+2;5*-2. The van der Waals surface area contributed by atoms with E-state index in [2.05, 4.69) is 0 Å². The van der Waals surface area contributed by atoms with Crippen molar-refractivity contribution in [2.45, 2.75) is 0 Å². The summed E-state index contributed by atoms with van der Waals surface area (Å²) < 4.78 is 0. The third-order valence-electron chi connectivity index (χ3n) is 0. The van der Waals surface area contributed by atoms with Crippen LogP contribution in [0.2, 0.25) is 0 Å². The van der Waals surface area contributed by atoms with Crippen LogP contribution < -0.4 is 0 Å². The summed E-state index contributed by atoms with van der Waals surface area (Å²) in [6.07, 6.45) is 0. The van der Waals surface area contributed by atoms with Gasteiger partial charge in [-0.15, -0.1) is 0 Å². The molecule has 5 nitrogen and oxygen atoms in total. The van der Waals surface area contributed by atoms with Crippen molar-refractivity contribution in [1.82, 2.24) is 0 Å². The van der Waals surface area contributed by atoms with Gasteiger partial charge in [0.15, 0.2) is 0 Å². The molecule has 0 aliphatic heterocycles. The summed E-state index contributed by atoms with van der Waals surface area (Å²) in [7, 11) is 0. The van der Waals surface area contributed by atoms with Crippen LogP contribution in [0.5, 0.6) is 0 Å². The molecule has 0 N–H and O–H groups in total. The summed E-state index contributed by atoms with van der Waals surface area (Å²) in [5, 5.41) is 0. The quantitative estimate of drug-likeness (QED) is 0.437. The van der Waals surface area contributed by atoms with Crippen molar-refractivity contribution in [3.05, 3.63) is 0 Å². The minimum absolute atomic E-state index is 0. The maximum absolute atomic E-state index is 0. The molecule has 0 spiro atoms. The maximum Gasteiger partial charge on any atom is 3.00 e. The van der Waals surface area contributed by atoms with E-state index in [-0.39, 0.29) is 125 Å². The van der Waals surface area contributed by atoms with E-state index < -0.39 is 0 Å². The van der Waals surface area contributed by atoms with Crippen molar-refractivity contribution < 1.29 is 27.4 Å². The second-order valence-corrected chi connectivity index (χ2v) is 0. The van der Waals surface area contributed by atoms with Crippen LogP contribution in [0.25, 0.3) is 0 Å². The summed E-state index contributed by atoms with van der Waals surface area (Å²) in [6.45, 7) is 0. The fraction of sp³-hybridized carbons (Fsp3) is 0. The van der Waals surface area contributed by atoms with Gasteiger partial charge < -0.3 is 27.4 Å². The van der Waals surface area contributed by atoms with Crippen molar-refractivity contribution in [1.29, 1.82) is 0 Å². The molecular formula is In2Mg2O5. The third kappa shape index (κ3) is 96.5. The zero-order valence-electron chi connectivity index (χ0n) is 4.61. The fourth-order valence-corrected chi connectivity index (χ4v) is 0. The molecule has 0 saturated carbocycles. The van der Waals surface area contributed by atoms with E-state index in [1.807, 2.05) is 0 Å². The normalized spacial score (nSPS) is 0. The molecule has 0 saturated heterocycles. The molecule has 0 aromatic rings. The summed E-state index contributed by atoms with van der Waals surface area (Å²) >= 11 is 0. The molecule has 0 radical (unpaired) electrons. The molecule has 0 heterocycles. The molecule has 0 aromatic carbocycles. The Morgan fingerprint density at radius 3 is 0.333 bits per heavy atom. The van der Waals surface area contributed by atoms with Crippen molar-refractivity contribution in [3.8, 4) is 0 Å². The van der Waals surface area contributed by atoms with Crippen LogP contribution in [0.1, 0.15) is 0 Å². The van der Waals surface area contributed by atoms with Crippen molar-refractivity contribution in [2.24, 2.45) is 0 Å². The van der Waals surface area contributed by atoms with Gasteiger partial charge in [0.1, 0.15) is 0 Å². The Labute approximate surface area is 123 Å². The Balaban J connectivity index is 0. The maximum atomic E-state index is 0. The minimum Gasteiger partial charge on any atom is -2.00 e. The van der Waals surface area contributed by atoms with Gasteiger partial charge >= 0.3 is 97.8 Å². The van der Waals surface area contributed by atoms with Gasteiger partial charge in [-0.05, 0) is 0 Å². The van der Waals surface area contributed by atoms with E-state index in [1.165, 1.54) is 0 Å². The summed E-state index contributed by atoms with van der Waals surface area (Å²) in [5.41, 5.74) is 0. The van der Waals surface area contributed by atoms with Gasteiger partial charge in [-0.3, -0.25) is 0 Å². The van der Waals surface area contributed by atoms with Gasteiger partial charge in [-0.2, -0.15) is 0 Å². The van der Waals surface area contributed by atoms with Crippen molar-refractivity contribution in [2.75, 3.05) is 0 Å². The predicted molar refractivity (Wildman–Crippen MR) is 26.4 cm³/mol. The van der Waals surface area contributed by atoms with Crippen LogP contribution in [-0.2, 0) is 27.4 Å². The van der Waals surface area contributed by atoms with E-state index in [4.69, 9.17) is 0 Å². The molecule has 0 rings (SSSR count). The zero-order chi connectivity index (χ0) is 0. The smallest absolute Gasteiger partial charge is 2.00 e. The Kier molecular flexibility index (Phi) is 2070. The molecular weight excluding hydrogens is 358 g/mol. The first-order valence-electron chi connectivity index (χ1n) is 0. The van der Waals surface area contributed by atoms with Crippen LogP contribution in [0.4, 0.5) is 0 Å². The molecule has 9 heavy (non-hydrogen) atoms. The topological polar surface area (TPSA) is 142 Å². The van der Waals surface area contributed by atoms with Gasteiger partial charge in [-0.25, -0.2) is 0 Å².